The van der Waals surface area contributed by atoms with Crippen LogP contribution in [0.5, 0.6) is 11.5 Å². The van der Waals surface area contributed by atoms with Gasteiger partial charge in [0.1, 0.15) is 0 Å². The van der Waals surface area contributed by atoms with Crippen LogP contribution < -0.4 is 4.74 Å². The first-order chi connectivity index (χ1) is 12.3. The van der Waals surface area contributed by atoms with E-state index in [0.29, 0.717) is 11.3 Å². The lowest BCUT2D eigenvalue weighted by Crippen LogP contribution is -1.88. The molecule has 5 heteroatoms. The van der Waals surface area contributed by atoms with Crippen molar-refractivity contribution < 1.29 is 9.84 Å². The molecule has 0 aliphatic heterocycles. The second-order valence-corrected chi connectivity index (χ2v) is 5.21. The number of hydrogen-bond acceptors (Lipinski definition) is 5. The first kappa shape index (κ1) is 16.4. The van der Waals surface area contributed by atoms with Gasteiger partial charge < -0.3 is 9.84 Å². The maximum atomic E-state index is 10.0. The third kappa shape index (κ3) is 4.29. The summed E-state index contributed by atoms with van der Waals surface area (Å²) in [5.74, 6) is 0.489. The Morgan fingerprint density at radius 2 is 1.40 bits per heavy atom. The van der Waals surface area contributed by atoms with Gasteiger partial charge in [-0.15, -0.1) is 0 Å². The van der Waals surface area contributed by atoms with Gasteiger partial charge in [0.05, 0.1) is 24.2 Å². The van der Waals surface area contributed by atoms with E-state index in [4.69, 9.17) is 4.74 Å². The van der Waals surface area contributed by atoms with E-state index in [0.717, 1.165) is 17.1 Å². The minimum absolute atomic E-state index is 0.0713. The molecular formula is C20H17N3O2. The third-order valence-corrected chi connectivity index (χ3v) is 3.49. The fourth-order valence-electron chi connectivity index (χ4n) is 2.17. The second-order valence-electron chi connectivity index (χ2n) is 5.21. The number of azo groups is 1. The number of benzene rings is 3. The van der Waals surface area contributed by atoms with Crippen molar-refractivity contribution >= 4 is 23.3 Å². The molecule has 0 saturated heterocycles. The van der Waals surface area contributed by atoms with Crippen molar-refractivity contribution in [3.05, 3.63) is 78.4 Å². The van der Waals surface area contributed by atoms with E-state index in [9.17, 15) is 5.11 Å². The van der Waals surface area contributed by atoms with Crippen molar-refractivity contribution in [1.29, 1.82) is 0 Å². The topological polar surface area (TPSA) is 66.5 Å². The zero-order valence-corrected chi connectivity index (χ0v) is 13.7. The van der Waals surface area contributed by atoms with E-state index >= 15 is 0 Å². The fourth-order valence-corrected chi connectivity index (χ4v) is 2.17. The number of rotatable bonds is 5. The quantitative estimate of drug-likeness (QED) is 0.491. The predicted molar refractivity (Wildman–Crippen MR) is 99.0 cm³/mol. The van der Waals surface area contributed by atoms with E-state index in [2.05, 4.69) is 15.2 Å². The molecule has 0 aromatic heterocycles. The first-order valence-electron chi connectivity index (χ1n) is 7.73. The average Bonchev–Trinajstić information content (AvgIpc) is 2.67. The van der Waals surface area contributed by atoms with E-state index in [1.54, 1.807) is 24.4 Å². The summed E-state index contributed by atoms with van der Waals surface area (Å²) < 4.78 is 5.08. The maximum Gasteiger partial charge on any atom is 0.166 e. The molecular weight excluding hydrogens is 314 g/mol. The summed E-state index contributed by atoms with van der Waals surface area (Å²) in [6.07, 6.45) is 1.60. The number of hydrogen-bond donors (Lipinski definition) is 1. The number of aromatic hydroxyl groups is 1. The Morgan fingerprint density at radius 1 is 0.760 bits per heavy atom. The molecule has 0 aliphatic carbocycles. The van der Waals surface area contributed by atoms with Gasteiger partial charge in [-0.05, 0) is 48.5 Å². The molecule has 3 aromatic carbocycles. The van der Waals surface area contributed by atoms with Crippen molar-refractivity contribution in [3.63, 3.8) is 0 Å². The van der Waals surface area contributed by atoms with Crippen LogP contribution in [-0.2, 0) is 0 Å². The van der Waals surface area contributed by atoms with Gasteiger partial charge in [-0.2, -0.15) is 10.2 Å². The highest BCUT2D eigenvalue weighted by atomic mass is 16.5. The highest BCUT2D eigenvalue weighted by Crippen LogP contribution is 2.28. The molecule has 0 radical (unpaired) electrons. The number of nitrogens with zero attached hydrogens (tertiary/aromatic N) is 3. The van der Waals surface area contributed by atoms with Crippen molar-refractivity contribution in [3.8, 4) is 11.5 Å². The molecule has 0 heterocycles. The van der Waals surface area contributed by atoms with Gasteiger partial charge in [0.2, 0.25) is 0 Å². The van der Waals surface area contributed by atoms with Crippen molar-refractivity contribution in [2.24, 2.45) is 15.2 Å². The Kier molecular flexibility index (Phi) is 5.16. The normalized spacial score (nSPS) is 11.2. The molecule has 0 atom stereocenters. The number of ether oxygens (including phenoxy) is 1. The van der Waals surface area contributed by atoms with E-state index in [1.807, 2.05) is 54.6 Å². The van der Waals surface area contributed by atoms with Gasteiger partial charge in [-0.25, -0.2) is 0 Å². The first-order valence-corrected chi connectivity index (χ1v) is 7.73. The molecule has 25 heavy (non-hydrogen) atoms. The van der Waals surface area contributed by atoms with Crippen molar-refractivity contribution in [2.75, 3.05) is 7.11 Å². The van der Waals surface area contributed by atoms with E-state index < -0.39 is 0 Å². The zero-order valence-electron chi connectivity index (χ0n) is 13.7. The zero-order chi connectivity index (χ0) is 17.5. The highest BCUT2D eigenvalue weighted by Gasteiger charge is 2.04. The summed E-state index contributed by atoms with van der Waals surface area (Å²) in [4.78, 5) is 4.36. The summed E-state index contributed by atoms with van der Waals surface area (Å²) in [6.45, 7) is 0. The maximum absolute atomic E-state index is 10.0. The average molecular weight is 331 g/mol. The Bertz CT molecular complexity index is 889. The van der Waals surface area contributed by atoms with Crippen molar-refractivity contribution in [2.45, 2.75) is 0 Å². The molecule has 0 amide bonds. The lowest BCUT2D eigenvalue weighted by molar-refractivity contribution is 0.373. The van der Waals surface area contributed by atoms with Crippen LogP contribution in [0.15, 0.2) is 88.0 Å². The molecule has 3 rings (SSSR count). The molecule has 0 spiro atoms. The summed E-state index contributed by atoms with van der Waals surface area (Å²) in [7, 11) is 1.51. The van der Waals surface area contributed by atoms with Crippen molar-refractivity contribution in [1.82, 2.24) is 0 Å². The summed E-state index contributed by atoms with van der Waals surface area (Å²) >= 11 is 0. The number of methoxy groups -OCH3 is 1. The SMILES string of the molecule is COc1cccc(C=Nc2ccc(N=Nc3ccccc3)cc2)c1O. The molecule has 124 valence electrons. The Hall–Kier alpha value is -3.47. The summed E-state index contributed by atoms with van der Waals surface area (Å²) in [5, 5.41) is 18.4. The van der Waals surface area contributed by atoms with Gasteiger partial charge in [-0.3, -0.25) is 4.99 Å². The molecule has 3 aromatic rings. The van der Waals surface area contributed by atoms with Crippen LogP contribution in [0, 0.1) is 0 Å². The molecule has 1 N–H and O–H groups in total. The number of phenolic OH excluding ortho intramolecular Hbond substituents is 1. The second kappa shape index (κ2) is 7.88. The molecule has 0 bridgehead atoms. The Labute approximate surface area is 146 Å². The standard InChI is InChI=1S/C20H17N3O2/c1-25-19-9-5-6-15(20(19)24)14-21-16-10-12-18(13-11-16)23-22-17-7-3-2-4-8-17/h2-14,24H,1H3. The minimum Gasteiger partial charge on any atom is -0.504 e. The predicted octanol–water partition coefficient (Wildman–Crippen LogP) is 5.57. The van der Waals surface area contributed by atoms with Crippen LogP contribution in [0.2, 0.25) is 0 Å². The van der Waals surface area contributed by atoms with Crippen LogP contribution in [-0.4, -0.2) is 18.4 Å². The van der Waals surface area contributed by atoms with Crippen LogP contribution in [0.4, 0.5) is 17.1 Å². The summed E-state index contributed by atoms with van der Waals surface area (Å²) in [6, 6.07) is 22.2. The highest BCUT2D eigenvalue weighted by molar-refractivity contribution is 5.86. The fraction of sp³-hybridized carbons (Fsp3) is 0.0500. The Balaban J connectivity index is 1.72. The molecule has 0 fully saturated rings. The van der Waals surface area contributed by atoms with Gasteiger partial charge in [-0.1, -0.05) is 24.3 Å². The summed E-state index contributed by atoms with van der Waals surface area (Å²) in [5.41, 5.74) is 2.89. The smallest absolute Gasteiger partial charge is 0.166 e. The van der Waals surface area contributed by atoms with E-state index in [1.165, 1.54) is 7.11 Å². The molecule has 0 aliphatic rings. The minimum atomic E-state index is 0.0713. The lowest BCUT2D eigenvalue weighted by atomic mass is 10.2. The number of para-hydroxylation sites is 1. The Morgan fingerprint density at radius 3 is 2.08 bits per heavy atom. The molecule has 0 saturated carbocycles. The van der Waals surface area contributed by atoms with Gasteiger partial charge >= 0.3 is 0 Å². The number of aliphatic imine (C=N–C) groups is 1. The monoisotopic (exact) mass is 331 g/mol. The van der Waals surface area contributed by atoms with Crippen LogP contribution >= 0.6 is 0 Å². The van der Waals surface area contributed by atoms with Crippen LogP contribution in [0.3, 0.4) is 0 Å². The largest absolute Gasteiger partial charge is 0.504 e. The van der Waals surface area contributed by atoms with Gasteiger partial charge in [0.15, 0.2) is 11.5 Å². The third-order valence-electron chi connectivity index (χ3n) is 3.49. The van der Waals surface area contributed by atoms with Crippen LogP contribution in [0.1, 0.15) is 5.56 Å². The van der Waals surface area contributed by atoms with Crippen LogP contribution in [0.25, 0.3) is 0 Å². The van der Waals surface area contributed by atoms with E-state index in [-0.39, 0.29) is 5.75 Å². The number of phenols is 1. The molecule has 5 nitrogen and oxygen atoms in total. The molecule has 0 unspecified atom stereocenters. The van der Waals surface area contributed by atoms with Gasteiger partial charge in [0, 0.05) is 11.8 Å². The lowest BCUT2D eigenvalue weighted by Gasteiger charge is -2.04. The van der Waals surface area contributed by atoms with Gasteiger partial charge in [0.25, 0.3) is 0 Å².